The smallest absolute Gasteiger partial charge is 0.264 e. The molecule has 0 heterocycles. The fraction of sp³-hybridized carbons (Fsp3) is 0.310. The Kier molecular flexibility index (Phi) is 10.4. The van der Waals surface area contributed by atoms with Crippen LogP contribution in [0.3, 0.4) is 0 Å². The zero-order chi connectivity index (χ0) is 29.3. The molecule has 1 atom stereocenters. The number of nitrogens with one attached hydrogen (secondary N) is 1. The molecule has 0 saturated heterocycles. The molecule has 0 aliphatic carbocycles. The van der Waals surface area contributed by atoms with Gasteiger partial charge >= 0.3 is 0 Å². The van der Waals surface area contributed by atoms with Gasteiger partial charge in [0, 0.05) is 19.7 Å². The first-order chi connectivity index (χ1) is 19.2. The van der Waals surface area contributed by atoms with Gasteiger partial charge in [-0.2, -0.15) is 0 Å². The second-order valence-electron chi connectivity index (χ2n) is 8.78. The minimum atomic E-state index is -4.20. The Morgan fingerprint density at radius 3 is 2.17 bits per heavy atom. The molecular formula is C29H35N3O7S. The topological polar surface area (TPSA) is 114 Å². The van der Waals surface area contributed by atoms with Crippen molar-refractivity contribution in [1.29, 1.82) is 0 Å². The third-order valence-corrected chi connectivity index (χ3v) is 8.17. The molecule has 0 bridgehead atoms. The Morgan fingerprint density at radius 1 is 0.875 bits per heavy atom. The molecule has 0 radical (unpaired) electrons. The average Bonchev–Trinajstić information content (AvgIpc) is 2.99. The summed E-state index contributed by atoms with van der Waals surface area (Å²) in [7, 11) is 1.74. The monoisotopic (exact) mass is 569 g/mol. The number of methoxy groups -OCH3 is 3. The molecule has 0 aliphatic rings. The molecule has 0 aromatic heterocycles. The van der Waals surface area contributed by atoms with Crippen molar-refractivity contribution >= 4 is 27.5 Å². The first-order valence-corrected chi connectivity index (χ1v) is 14.1. The number of ether oxygens (including phenoxy) is 3. The maximum atomic E-state index is 14.0. The van der Waals surface area contributed by atoms with Crippen molar-refractivity contribution < 1.29 is 32.2 Å². The van der Waals surface area contributed by atoms with Gasteiger partial charge in [-0.1, -0.05) is 37.3 Å². The quantitative estimate of drug-likeness (QED) is 0.335. The van der Waals surface area contributed by atoms with Crippen LogP contribution in [0.15, 0.2) is 77.7 Å². The zero-order valence-electron chi connectivity index (χ0n) is 23.3. The third-order valence-electron chi connectivity index (χ3n) is 6.38. The fourth-order valence-corrected chi connectivity index (χ4v) is 5.71. The lowest BCUT2D eigenvalue weighted by Gasteiger charge is -2.33. The summed E-state index contributed by atoms with van der Waals surface area (Å²) in [6.45, 7) is 1.29. The van der Waals surface area contributed by atoms with Gasteiger partial charge in [-0.05, 0) is 48.4 Å². The molecule has 0 unspecified atom stereocenters. The molecule has 3 aromatic carbocycles. The summed E-state index contributed by atoms with van der Waals surface area (Å²) < 4.78 is 44.8. The van der Waals surface area contributed by atoms with Crippen LogP contribution in [0.2, 0.25) is 0 Å². The van der Waals surface area contributed by atoms with E-state index < -0.39 is 28.5 Å². The van der Waals surface area contributed by atoms with Gasteiger partial charge in [0.1, 0.15) is 18.3 Å². The Hall–Kier alpha value is -4.25. The molecule has 0 fully saturated rings. The first kappa shape index (κ1) is 30.3. The summed E-state index contributed by atoms with van der Waals surface area (Å²) in [5, 5.41) is 2.61. The van der Waals surface area contributed by atoms with Gasteiger partial charge in [0.2, 0.25) is 11.8 Å². The number of nitrogens with zero attached hydrogens (tertiary/aromatic N) is 2. The van der Waals surface area contributed by atoms with Gasteiger partial charge in [-0.25, -0.2) is 8.42 Å². The summed E-state index contributed by atoms with van der Waals surface area (Å²) in [6, 6.07) is 18.7. The number of carbonyl (C=O) groups is 2. The second kappa shape index (κ2) is 13.7. The molecule has 1 N–H and O–H groups in total. The lowest BCUT2D eigenvalue weighted by molar-refractivity contribution is -0.140. The van der Waals surface area contributed by atoms with Crippen molar-refractivity contribution in [2.75, 3.05) is 39.2 Å². The van der Waals surface area contributed by atoms with Gasteiger partial charge in [0.15, 0.2) is 11.5 Å². The van der Waals surface area contributed by atoms with Crippen LogP contribution < -0.4 is 23.8 Å². The van der Waals surface area contributed by atoms with Crippen LogP contribution in [0.5, 0.6) is 17.2 Å². The fourth-order valence-electron chi connectivity index (χ4n) is 4.28. The van der Waals surface area contributed by atoms with Crippen LogP contribution in [0, 0.1) is 0 Å². The van der Waals surface area contributed by atoms with Crippen molar-refractivity contribution in [2.45, 2.75) is 30.8 Å². The summed E-state index contributed by atoms with van der Waals surface area (Å²) in [4.78, 5) is 28.3. The van der Waals surface area contributed by atoms with Crippen LogP contribution in [-0.4, -0.2) is 66.1 Å². The Balaban J connectivity index is 2.11. The molecule has 214 valence electrons. The number of carbonyl (C=O) groups excluding carboxylic acids is 2. The normalized spacial score (nSPS) is 11.7. The van der Waals surface area contributed by atoms with E-state index in [1.54, 1.807) is 49.4 Å². The summed E-state index contributed by atoms with van der Waals surface area (Å²) in [5.41, 5.74) is 0.919. The van der Waals surface area contributed by atoms with Crippen LogP contribution in [-0.2, 0) is 26.2 Å². The SMILES string of the molecule is CC[C@@H](C(=O)NC)N(Cc1cccc(OC)c1)C(=O)CN(c1ccc(OC)c(OC)c1)S(=O)(=O)c1ccccc1. The van der Waals surface area contributed by atoms with Crippen molar-refractivity contribution in [3.63, 3.8) is 0 Å². The van der Waals surface area contributed by atoms with E-state index in [2.05, 4.69) is 5.32 Å². The molecule has 11 heteroatoms. The molecule has 3 aromatic rings. The highest BCUT2D eigenvalue weighted by Crippen LogP contribution is 2.34. The highest BCUT2D eigenvalue weighted by Gasteiger charge is 2.33. The number of amides is 2. The first-order valence-electron chi connectivity index (χ1n) is 12.6. The number of rotatable bonds is 13. The van der Waals surface area contributed by atoms with Gasteiger partial charge < -0.3 is 24.4 Å². The number of hydrogen-bond acceptors (Lipinski definition) is 7. The molecule has 0 spiro atoms. The van der Waals surface area contributed by atoms with E-state index in [-0.39, 0.29) is 23.0 Å². The number of likely N-dealkylation sites (N-methyl/N-ethyl adjacent to an activating group) is 1. The molecule has 3 rings (SSSR count). The Labute approximate surface area is 235 Å². The van der Waals surface area contributed by atoms with E-state index in [0.717, 1.165) is 9.87 Å². The second-order valence-corrected chi connectivity index (χ2v) is 10.6. The van der Waals surface area contributed by atoms with Crippen LogP contribution >= 0.6 is 0 Å². The number of sulfonamides is 1. The lowest BCUT2D eigenvalue weighted by atomic mass is 10.1. The molecular weight excluding hydrogens is 534 g/mol. The third kappa shape index (κ3) is 6.84. The summed E-state index contributed by atoms with van der Waals surface area (Å²) in [5.74, 6) is 0.372. The highest BCUT2D eigenvalue weighted by molar-refractivity contribution is 7.92. The molecule has 2 amide bonds. The van der Waals surface area contributed by atoms with Gasteiger partial charge in [-0.15, -0.1) is 0 Å². The van der Waals surface area contributed by atoms with Crippen molar-refractivity contribution in [3.8, 4) is 17.2 Å². The lowest BCUT2D eigenvalue weighted by Crippen LogP contribution is -2.51. The van der Waals surface area contributed by atoms with Gasteiger partial charge in [0.05, 0.1) is 31.9 Å². The molecule has 10 nitrogen and oxygen atoms in total. The number of anilines is 1. The minimum absolute atomic E-state index is 0.00951. The predicted molar refractivity (Wildman–Crippen MR) is 152 cm³/mol. The van der Waals surface area contributed by atoms with Crippen LogP contribution in [0.1, 0.15) is 18.9 Å². The largest absolute Gasteiger partial charge is 0.497 e. The van der Waals surface area contributed by atoms with Gasteiger partial charge in [-0.3, -0.25) is 13.9 Å². The average molecular weight is 570 g/mol. The van der Waals surface area contributed by atoms with Crippen molar-refractivity contribution in [1.82, 2.24) is 10.2 Å². The highest BCUT2D eigenvalue weighted by atomic mass is 32.2. The van der Waals surface area contributed by atoms with Crippen LogP contribution in [0.4, 0.5) is 5.69 Å². The van der Waals surface area contributed by atoms with Crippen molar-refractivity contribution in [3.05, 3.63) is 78.4 Å². The Bertz CT molecular complexity index is 1410. The van der Waals surface area contributed by atoms with E-state index in [0.29, 0.717) is 23.7 Å². The molecule has 40 heavy (non-hydrogen) atoms. The van der Waals surface area contributed by atoms with Gasteiger partial charge in [0.25, 0.3) is 10.0 Å². The number of hydrogen-bond donors (Lipinski definition) is 1. The number of benzene rings is 3. The van der Waals surface area contributed by atoms with Crippen molar-refractivity contribution in [2.24, 2.45) is 0 Å². The van der Waals surface area contributed by atoms with E-state index in [1.165, 1.54) is 57.5 Å². The van der Waals surface area contributed by atoms with E-state index in [4.69, 9.17) is 14.2 Å². The molecule has 0 saturated carbocycles. The van der Waals surface area contributed by atoms with Crippen LogP contribution in [0.25, 0.3) is 0 Å². The molecule has 0 aliphatic heterocycles. The maximum absolute atomic E-state index is 14.0. The van der Waals surface area contributed by atoms with E-state index in [9.17, 15) is 18.0 Å². The Morgan fingerprint density at radius 2 is 1.57 bits per heavy atom. The van der Waals surface area contributed by atoms with E-state index >= 15 is 0 Å². The zero-order valence-corrected chi connectivity index (χ0v) is 24.1. The summed E-state index contributed by atoms with van der Waals surface area (Å²) >= 11 is 0. The predicted octanol–water partition coefficient (Wildman–Crippen LogP) is 3.46. The standard InChI is InChI=1S/C29H35N3O7S/c1-6-25(29(34)30-2)31(19-21-11-10-12-23(17-21)37-3)28(33)20-32(40(35,36)24-13-8-7-9-14-24)22-15-16-26(38-4)27(18-22)39-5/h7-18,25H,6,19-20H2,1-5H3,(H,30,34)/t25-/m0/s1. The van der Waals surface area contributed by atoms with E-state index in [1.807, 2.05) is 6.07 Å². The minimum Gasteiger partial charge on any atom is -0.497 e. The summed E-state index contributed by atoms with van der Waals surface area (Å²) in [6.07, 6.45) is 0.317. The maximum Gasteiger partial charge on any atom is 0.264 e.